The first-order chi connectivity index (χ1) is 9.30. The SMILES string of the molecule is COC(C)(C)CC(=O)N(C)c1cccc(/C(N)=N/O)c1. The molecule has 1 amide bonds. The van der Waals surface area contributed by atoms with Crippen molar-refractivity contribution in [3.8, 4) is 0 Å². The highest BCUT2D eigenvalue weighted by Gasteiger charge is 2.24. The van der Waals surface area contributed by atoms with Crippen LogP contribution in [0.1, 0.15) is 25.8 Å². The molecule has 3 N–H and O–H groups in total. The van der Waals surface area contributed by atoms with Gasteiger partial charge in [-0.2, -0.15) is 0 Å². The summed E-state index contributed by atoms with van der Waals surface area (Å²) in [5.41, 5.74) is 6.24. The highest BCUT2D eigenvalue weighted by molar-refractivity contribution is 5.99. The van der Waals surface area contributed by atoms with Crippen LogP contribution < -0.4 is 10.6 Å². The third kappa shape index (κ3) is 3.96. The van der Waals surface area contributed by atoms with Gasteiger partial charge in [-0.05, 0) is 26.0 Å². The van der Waals surface area contributed by atoms with Crippen molar-refractivity contribution < 1.29 is 14.7 Å². The number of carbonyl (C=O) groups is 1. The number of benzene rings is 1. The molecule has 1 aromatic carbocycles. The Morgan fingerprint density at radius 2 is 2.15 bits per heavy atom. The van der Waals surface area contributed by atoms with Gasteiger partial charge in [0, 0.05) is 25.4 Å². The molecule has 0 unspecified atom stereocenters. The van der Waals surface area contributed by atoms with Gasteiger partial charge in [0.05, 0.1) is 12.0 Å². The van der Waals surface area contributed by atoms with Crippen LogP contribution in [0, 0.1) is 0 Å². The maximum atomic E-state index is 12.2. The monoisotopic (exact) mass is 279 g/mol. The molecule has 0 aliphatic heterocycles. The van der Waals surface area contributed by atoms with Crippen molar-refractivity contribution in [2.75, 3.05) is 19.1 Å². The molecule has 6 heteroatoms. The second kappa shape index (κ2) is 6.38. The minimum absolute atomic E-state index is 0.00456. The van der Waals surface area contributed by atoms with Crippen molar-refractivity contribution in [2.45, 2.75) is 25.9 Å². The normalized spacial score (nSPS) is 12.3. The van der Waals surface area contributed by atoms with E-state index in [4.69, 9.17) is 15.7 Å². The molecule has 0 spiro atoms. The standard InChI is InChI=1S/C14H21N3O3/c1-14(2,20-4)9-12(18)17(3)11-7-5-6-10(8-11)13(15)16-19/h5-8,19H,9H2,1-4H3,(H2,15,16). The number of rotatable bonds is 5. The smallest absolute Gasteiger partial charge is 0.229 e. The van der Waals surface area contributed by atoms with Crippen LogP contribution in [0.2, 0.25) is 0 Å². The number of nitrogens with zero attached hydrogens (tertiary/aromatic N) is 2. The zero-order valence-corrected chi connectivity index (χ0v) is 12.3. The zero-order chi connectivity index (χ0) is 15.3. The lowest BCUT2D eigenvalue weighted by atomic mass is 10.0. The summed E-state index contributed by atoms with van der Waals surface area (Å²) in [6.07, 6.45) is 0.258. The maximum Gasteiger partial charge on any atom is 0.229 e. The van der Waals surface area contributed by atoms with Crippen LogP contribution in [0.15, 0.2) is 29.4 Å². The summed E-state index contributed by atoms with van der Waals surface area (Å²) >= 11 is 0. The number of amidine groups is 1. The number of oxime groups is 1. The van der Waals surface area contributed by atoms with Crippen molar-refractivity contribution in [2.24, 2.45) is 10.9 Å². The Morgan fingerprint density at radius 3 is 2.70 bits per heavy atom. The van der Waals surface area contributed by atoms with E-state index in [1.54, 1.807) is 38.4 Å². The summed E-state index contributed by atoms with van der Waals surface area (Å²) in [6.45, 7) is 3.71. The summed E-state index contributed by atoms with van der Waals surface area (Å²) < 4.78 is 5.25. The van der Waals surface area contributed by atoms with Crippen LogP contribution in [0.5, 0.6) is 0 Å². The molecule has 0 saturated heterocycles. The van der Waals surface area contributed by atoms with Gasteiger partial charge >= 0.3 is 0 Å². The number of methoxy groups -OCH3 is 1. The Labute approximate surface area is 118 Å². The second-order valence-electron chi connectivity index (χ2n) is 5.13. The molecule has 20 heavy (non-hydrogen) atoms. The third-order valence-electron chi connectivity index (χ3n) is 3.14. The summed E-state index contributed by atoms with van der Waals surface area (Å²) in [7, 11) is 3.26. The molecule has 1 rings (SSSR count). The first kappa shape index (κ1) is 16.0. The highest BCUT2D eigenvalue weighted by atomic mass is 16.5. The van der Waals surface area contributed by atoms with Crippen LogP contribution in [0.25, 0.3) is 0 Å². The molecule has 0 saturated carbocycles. The van der Waals surface area contributed by atoms with Gasteiger partial charge in [-0.3, -0.25) is 4.79 Å². The molecule has 0 aliphatic rings. The lowest BCUT2D eigenvalue weighted by molar-refractivity contribution is -0.123. The minimum atomic E-state index is -0.519. The van der Waals surface area contributed by atoms with Gasteiger partial charge in [0.25, 0.3) is 0 Å². The Balaban J connectivity index is 2.92. The minimum Gasteiger partial charge on any atom is -0.409 e. The van der Waals surface area contributed by atoms with E-state index in [1.807, 2.05) is 13.8 Å². The predicted molar refractivity (Wildman–Crippen MR) is 78.1 cm³/mol. The average molecular weight is 279 g/mol. The molecule has 0 bridgehead atoms. The van der Waals surface area contributed by atoms with Gasteiger partial charge in [0.15, 0.2) is 5.84 Å². The molecule has 0 fully saturated rings. The molecule has 0 aromatic heterocycles. The largest absolute Gasteiger partial charge is 0.409 e. The average Bonchev–Trinajstić information content (AvgIpc) is 2.45. The van der Waals surface area contributed by atoms with Crippen LogP contribution >= 0.6 is 0 Å². The summed E-state index contributed by atoms with van der Waals surface area (Å²) in [5.74, 6) is -0.0709. The predicted octanol–water partition coefficient (Wildman–Crippen LogP) is 1.56. The summed E-state index contributed by atoms with van der Waals surface area (Å²) in [6, 6.07) is 6.92. The van der Waals surface area contributed by atoms with Gasteiger partial charge in [-0.25, -0.2) is 0 Å². The van der Waals surface area contributed by atoms with Crippen LogP contribution in [0.3, 0.4) is 0 Å². The molecule has 110 valence electrons. The van der Waals surface area contributed by atoms with Crippen molar-refractivity contribution in [3.63, 3.8) is 0 Å². The van der Waals surface area contributed by atoms with Crippen molar-refractivity contribution in [1.82, 2.24) is 0 Å². The number of anilines is 1. The fourth-order valence-electron chi connectivity index (χ4n) is 1.63. The number of ether oxygens (including phenoxy) is 1. The van der Waals surface area contributed by atoms with Crippen LogP contribution in [-0.2, 0) is 9.53 Å². The van der Waals surface area contributed by atoms with Crippen molar-refractivity contribution in [3.05, 3.63) is 29.8 Å². The first-order valence-corrected chi connectivity index (χ1v) is 6.20. The molecule has 6 nitrogen and oxygen atoms in total. The highest BCUT2D eigenvalue weighted by Crippen LogP contribution is 2.19. The van der Waals surface area contributed by atoms with Gasteiger partial charge in [0.2, 0.25) is 5.91 Å². The number of amides is 1. The summed E-state index contributed by atoms with van der Waals surface area (Å²) in [4.78, 5) is 13.7. The van der Waals surface area contributed by atoms with Gasteiger partial charge < -0.3 is 20.6 Å². The van der Waals surface area contributed by atoms with E-state index in [2.05, 4.69) is 5.16 Å². The number of nitrogens with two attached hydrogens (primary N) is 1. The second-order valence-corrected chi connectivity index (χ2v) is 5.13. The van der Waals surface area contributed by atoms with Gasteiger partial charge in [0.1, 0.15) is 0 Å². The molecular formula is C14H21N3O3. The molecule has 0 atom stereocenters. The quantitative estimate of drug-likeness (QED) is 0.370. The molecule has 0 heterocycles. The topological polar surface area (TPSA) is 88.2 Å². The van der Waals surface area contributed by atoms with Crippen LogP contribution in [-0.4, -0.2) is 36.7 Å². The fraction of sp³-hybridized carbons (Fsp3) is 0.429. The molecule has 0 aliphatic carbocycles. The van der Waals surface area contributed by atoms with Crippen molar-refractivity contribution >= 4 is 17.4 Å². The Kier molecular flexibility index (Phi) is 5.10. The Bertz CT molecular complexity index is 512. The Hall–Kier alpha value is -2.08. The van der Waals surface area contributed by atoms with E-state index in [0.29, 0.717) is 11.3 Å². The van der Waals surface area contributed by atoms with E-state index >= 15 is 0 Å². The van der Waals surface area contributed by atoms with E-state index in [-0.39, 0.29) is 18.2 Å². The Morgan fingerprint density at radius 1 is 1.50 bits per heavy atom. The lowest BCUT2D eigenvalue weighted by Crippen LogP contribution is -2.35. The number of carbonyl (C=O) groups excluding carboxylic acids is 1. The molecular weight excluding hydrogens is 258 g/mol. The maximum absolute atomic E-state index is 12.2. The van der Waals surface area contributed by atoms with Crippen LogP contribution in [0.4, 0.5) is 5.69 Å². The first-order valence-electron chi connectivity index (χ1n) is 6.20. The van der Waals surface area contributed by atoms with Gasteiger partial charge in [-0.1, -0.05) is 17.3 Å². The zero-order valence-electron chi connectivity index (χ0n) is 12.3. The molecule has 0 radical (unpaired) electrons. The summed E-state index contributed by atoms with van der Waals surface area (Å²) in [5, 5.41) is 11.6. The third-order valence-corrected chi connectivity index (χ3v) is 3.14. The van der Waals surface area contributed by atoms with E-state index in [1.165, 1.54) is 4.90 Å². The van der Waals surface area contributed by atoms with Crippen molar-refractivity contribution in [1.29, 1.82) is 0 Å². The lowest BCUT2D eigenvalue weighted by Gasteiger charge is -2.26. The van der Waals surface area contributed by atoms with E-state index in [9.17, 15) is 4.79 Å². The number of hydrogen-bond donors (Lipinski definition) is 2. The fourth-order valence-corrected chi connectivity index (χ4v) is 1.63. The number of hydrogen-bond acceptors (Lipinski definition) is 4. The molecule has 1 aromatic rings. The van der Waals surface area contributed by atoms with Gasteiger partial charge in [-0.15, -0.1) is 0 Å². The van der Waals surface area contributed by atoms with E-state index < -0.39 is 5.60 Å². The van der Waals surface area contributed by atoms with E-state index in [0.717, 1.165) is 0 Å².